The van der Waals surface area contributed by atoms with E-state index in [1.165, 1.54) is 30.4 Å². The standard InChI is InChI=1S/C17H29N/c1-5-14(3)13-17(6-2)18-11-10-16-9-7-8-15(4)12-16/h7-9,12,14,17-18H,5-6,10-11,13H2,1-4H3. The number of benzene rings is 1. The molecule has 0 spiro atoms. The third-order valence-electron chi connectivity index (χ3n) is 3.81. The van der Waals surface area contributed by atoms with Crippen LogP contribution < -0.4 is 5.32 Å². The van der Waals surface area contributed by atoms with Crippen LogP contribution >= 0.6 is 0 Å². The van der Waals surface area contributed by atoms with Gasteiger partial charge in [-0.15, -0.1) is 0 Å². The van der Waals surface area contributed by atoms with Crippen molar-refractivity contribution in [3.05, 3.63) is 35.4 Å². The molecule has 0 aliphatic heterocycles. The molecule has 0 heterocycles. The average molecular weight is 247 g/mol. The Hall–Kier alpha value is -0.820. The fourth-order valence-electron chi connectivity index (χ4n) is 2.33. The summed E-state index contributed by atoms with van der Waals surface area (Å²) in [5.41, 5.74) is 2.81. The van der Waals surface area contributed by atoms with E-state index in [0.29, 0.717) is 6.04 Å². The Balaban J connectivity index is 2.31. The number of nitrogens with one attached hydrogen (secondary N) is 1. The van der Waals surface area contributed by atoms with E-state index in [1.807, 2.05) is 0 Å². The van der Waals surface area contributed by atoms with Gasteiger partial charge < -0.3 is 5.32 Å². The molecule has 2 unspecified atom stereocenters. The van der Waals surface area contributed by atoms with E-state index in [9.17, 15) is 0 Å². The van der Waals surface area contributed by atoms with E-state index in [0.717, 1.165) is 18.9 Å². The molecule has 0 amide bonds. The van der Waals surface area contributed by atoms with E-state index in [4.69, 9.17) is 0 Å². The van der Waals surface area contributed by atoms with Gasteiger partial charge in [-0.2, -0.15) is 0 Å². The highest BCUT2D eigenvalue weighted by molar-refractivity contribution is 5.22. The molecule has 18 heavy (non-hydrogen) atoms. The molecule has 0 bridgehead atoms. The van der Waals surface area contributed by atoms with Crippen molar-refractivity contribution in [3.63, 3.8) is 0 Å². The van der Waals surface area contributed by atoms with Gasteiger partial charge in [0.05, 0.1) is 0 Å². The minimum atomic E-state index is 0.685. The first-order chi connectivity index (χ1) is 8.65. The summed E-state index contributed by atoms with van der Waals surface area (Å²) in [6.45, 7) is 10.2. The zero-order chi connectivity index (χ0) is 13.4. The molecule has 0 aromatic heterocycles. The highest BCUT2D eigenvalue weighted by Crippen LogP contribution is 2.12. The topological polar surface area (TPSA) is 12.0 Å². The van der Waals surface area contributed by atoms with Gasteiger partial charge in [-0.05, 0) is 44.2 Å². The smallest absolute Gasteiger partial charge is 0.00671 e. The van der Waals surface area contributed by atoms with Crippen molar-refractivity contribution in [1.29, 1.82) is 0 Å². The number of hydrogen-bond acceptors (Lipinski definition) is 1. The van der Waals surface area contributed by atoms with E-state index in [1.54, 1.807) is 0 Å². The molecule has 1 nitrogen and oxygen atoms in total. The molecular formula is C17H29N. The van der Waals surface area contributed by atoms with Gasteiger partial charge in [0.1, 0.15) is 0 Å². The fraction of sp³-hybridized carbons (Fsp3) is 0.647. The summed E-state index contributed by atoms with van der Waals surface area (Å²) < 4.78 is 0. The van der Waals surface area contributed by atoms with Crippen molar-refractivity contribution >= 4 is 0 Å². The van der Waals surface area contributed by atoms with Crippen molar-refractivity contribution in [2.75, 3.05) is 6.54 Å². The van der Waals surface area contributed by atoms with Gasteiger partial charge in [0, 0.05) is 6.04 Å². The maximum atomic E-state index is 3.70. The Morgan fingerprint density at radius 2 is 1.94 bits per heavy atom. The lowest BCUT2D eigenvalue weighted by molar-refractivity contribution is 0.387. The zero-order valence-corrected chi connectivity index (χ0v) is 12.5. The van der Waals surface area contributed by atoms with E-state index in [-0.39, 0.29) is 0 Å². The van der Waals surface area contributed by atoms with Gasteiger partial charge in [0.2, 0.25) is 0 Å². The summed E-state index contributed by atoms with van der Waals surface area (Å²) in [7, 11) is 0. The minimum absolute atomic E-state index is 0.685. The summed E-state index contributed by atoms with van der Waals surface area (Å²) in [6.07, 6.45) is 4.97. The lowest BCUT2D eigenvalue weighted by Gasteiger charge is -2.20. The van der Waals surface area contributed by atoms with Crippen LogP contribution in [0.1, 0.15) is 51.2 Å². The highest BCUT2D eigenvalue weighted by atomic mass is 14.9. The first-order valence-corrected chi connectivity index (χ1v) is 7.44. The van der Waals surface area contributed by atoms with Gasteiger partial charge >= 0.3 is 0 Å². The molecule has 102 valence electrons. The van der Waals surface area contributed by atoms with E-state index < -0.39 is 0 Å². The molecule has 0 saturated carbocycles. The Kier molecular flexibility index (Phi) is 7.04. The Labute approximate surface area is 113 Å². The number of hydrogen-bond donors (Lipinski definition) is 1. The fourth-order valence-corrected chi connectivity index (χ4v) is 2.33. The van der Waals surface area contributed by atoms with Gasteiger partial charge in [0.25, 0.3) is 0 Å². The van der Waals surface area contributed by atoms with Gasteiger partial charge in [0.15, 0.2) is 0 Å². The van der Waals surface area contributed by atoms with Crippen LogP contribution in [0.4, 0.5) is 0 Å². The lowest BCUT2D eigenvalue weighted by atomic mass is 9.97. The Morgan fingerprint density at radius 3 is 2.56 bits per heavy atom. The zero-order valence-electron chi connectivity index (χ0n) is 12.5. The van der Waals surface area contributed by atoms with E-state index in [2.05, 4.69) is 57.3 Å². The summed E-state index contributed by atoms with van der Waals surface area (Å²) in [4.78, 5) is 0. The molecular weight excluding hydrogens is 218 g/mol. The van der Waals surface area contributed by atoms with Crippen molar-refractivity contribution in [1.82, 2.24) is 5.32 Å². The largest absolute Gasteiger partial charge is 0.314 e. The van der Waals surface area contributed by atoms with Crippen molar-refractivity contribution < 1.29 is 0 Å². The van der Waals surface area contributed by atoms with Crippen LogP contribution in [0, 0.1) is 12.8 Å². The second kappa shape index (κ2) is 8.31. The first kappa shape index (κ1) is 15.2. The predicted molar refractivity (Wildman–Crippen MR) is 81.0 cm³/mol. The second-order valence-electron chi connectivity index (χ2n) is 5.55. The Morgan fingerprint density at radius 1 is 1.17 bits per heavy atom. The lowest BCUT2D eigenvalue weighted by Crippen LogP contribution is -2.31. The molecule has 0 radical (unpaired) electrons. The molecule has 0 fully saturated rings. The van der Waals surface area contributed by atoms with Crippen molar-refractivity contribution in [2.45, 2.75) is 59.4 Å². The highest BCUT2D eigenvalue weighted by Gasteiger charge is 2.09. The average Bonchev–Trinajstić information content (AvgIpc) is 2.37. The normalized spacial score (nSPS) is 14.4. The Bertz CT molecular complexity index is 332. The molecule has 1 N–H and O–H groups in total. The third-order valence-corrected chi connectivity index (χ3v) is 3.81. The van der Waals surface area contributed by atoms with Crippen molar-refractivity contribution in [2.24, 2.45) is 5.92 Å². The van der Waals surface area contributed by atoms with Crippen LogP contribution in [0.25, 0.3) is 0 Å². The monoisotopic (exact) mass is 247 g/mol. The number of aryl methyl sites for hydroxylation is 1. The van der Waals surface area contributed by atoms with Crippen molar-refractivity contribution in [3.8, 4) is 0 Å². The van der Waals surface area contributed by atoms with Crippen LogP contribution in [0.3, 0.4) is 0 Å². The summed E-state index contributed by atoms with van der Waals surface area (Å²) in [5, 5.41) is 3.70. The van der Waals surface area contributed by atoms with E-state index >= 15 is 0 Å². The molecule has 1 heteroatoms. The molecule has 0 aliphatic carbocycles. The summed E-state index contributed by atoms with van der Waals surface area (Å²) >= 11 is 0. The maximum Gasteiger partial charge on any atom is 0.00671 e. The van der Waals surface area contributed by atoms with Gasteiger partial charge in [-0.25, -0.2) is 0 Å². The maximum absolute atomic E-state index is 3.70. The predicted octanol–water partition coefficient (Wildman–Crippen LogP) is 4.34. The van der Waals surface area contributed by atoms with Crippen LogP contribution in [-0.2, 0) is 6.42 Å². The first-order valence-electron chi connectivity index (χ1n) is 7.44. The van der Waals surface area contributed by atoms with Crippen LogP contribution in [0.2, 0.25) is 0 Å². The summed E-state index contributed by atoms with van der Waals surface area (Å²) in [6, 6.07) is 9.52. The van der Waals surface area contributed by atoms with Crippen LogP contribution in [0.5, 0.6) is 0 Å². The van der Waals surface area contributed by atoms with Crippen LogP contribution in [0.15, 0.2) is 24.3 Å². The molecule has 0 saturated heterocycles. The SMILES string of the molecule is CCC(C)CC(CC)NCCc1cccc(C)c1. The van der Waals surface area contributed by atoms with Gasteiger partial charge in [-0.3, -0.25) is 0 Å². The molecule has 0 aliphatic rings. The molecule has 1 rings (SSSR count). The molecule has 1 aromatic carbocycles. The van der Waals surface area contributed by atoms with Gasteiger partial charge in [-0.1, -0.05) is 57.0 Å². The third kappa shape index (κ3) is 5.68. The summed E-state index contributed by atoms with van der Waals surface area (Å²) in [5.74, 6) is 0.835. The molecule has 1 aromatic rings. The van der Waals surface area contributed by atoms with Crippen LogP contribution in [-0.4, -0.2) is 12.6 Å². The minimum Gasteiger partial charge on any atom is -0.314 e. The number of rotatable bonds is 8. The second-order valence-corrected chi connectivity index (χ2v) is 5.55. The molecule has 2 atom stereocenters. The quantitative estimate of drug-likeness (QED) is 0.720.